The van der Waals surface area contributed by atoms with Crippen molar-refractivity contribution in [1.29, 1.82) is 0 Å². The predicted molar refractivity (Wildman–Crippen MR) is 120 cm³/mol. The molecule has 0 radical (unpaired) electrons. The van der Waals surface area contributed by atoms with Crippen LogP contribution in [0.1, 0.15) is 73.2 Å². The molecule has 3 aliphatic rings. The molecule has 4 heterocycles. The molecule has 4 rings (SSSR count). The quantitative estimate of drug-likeness (QED) is 0.723. The Morgan fingerprint density at radius 3 is 2.39 bits per heavy atom. The van der Waals surface area contributed by atoms with Crippen molar-refractivity contribution in [2.24, 2.45) is 5.92 Å². The summed E-state index contributed by atoms with van der Waals surface area (Å²) in [5.74, 6) is 1.56. The van der Waals surface area contributed by atoms with Gasteiger partial charge in [-0.25, -0.2) is 9.97 Å². The number of nitrogens with zero attached hydrogens (tertiary/aromatic N) is 5. The van der Waals surface area contributed by atoms with Gasteiger partial charge in [0.05, 0.1) is 11.3 Å². The third kappa shape index (κ3) is 5.43. The minimum Gasteiger partial charge on any atom is -0.343 e. The molecule has 0 aromatic carbocycles. The largest absolute Gasteiger partial charge is 0.343 e. The Kier molecular flexibility index (Phi) is 7.20. The van der Waals surface area contributed by atoms with E-state index in [0.29, 0.717) is 29.9 Å². The van der Waals surface area contributed by atoms with Crippen LogP contribution >= 0.6 is 0 Å². The number of aryl methyl sites for hydroxylation is 1. The Labute approximate surface area is 186 Å². The maximum absolute atomic E-state index is 13.0. The zero-order valence-corrected chi connectivity index (χ0v) is 19.2. The molecule has 0 saturated carbocycles. The first kappa shape index (κ1) is 22.2. The lowest BCUT2D eigenvalue weighted by Gasteiger charge is -2.36. The van der Waals surface area contributed by atoms with Gasteiger partial charge in [-0.3, -0.25) is 9.59 Å². The second-order valence-corrected chi connectivity index (χ2v) is 9.64. The molecule has 1 aromatic heterocycles. The van der Waals surface area contributed by atoms with Gasteiger partial charge in [0.2, 0.25) is 5.91 Å². The molecule has 0 spiro atoms. The van der Waals surface area contributed by atoms with E-state index >= 15 is 0 Å². The van der Waals surface area contributed by atoms with Crippen LogP contribution in [-0.4, -0.2) is 82.3 Å². The molecule has 3 aliphatic heterocycles. The fourth-order valence-corrected chi connectivity index (χ4v) is 5.33. The summed E-state index contributed by atoms with van der Waals surface area (Å²) in [6.45, 7) is 6.30. The van der Waals surface area contributed by atoms with Crippen molar-refractivity contribution >= 4 is 11.8 Å². The van der Waals surface area contributed by atoms with Gasteiger partial charge in [-0.15, -0.1) is 0 Å². The zero-order chi connectivity index (χ0) is 21.8. The number of hydrogen-bond donors (Lipinski definition) is 0. The molecule has 0 aliphatic carbocycles. The molecule has 0 N–H and O–H groups in total. The highest BCUT2D eigenvalue weighted by Gasteiger charge is 2.29. The lowest BCUT2D eigenvalue weighted by Crippen LogP contribution is -2.44. The smallest absolute Gasteiger partial charge is 0.257 e. The first-order valence-electron chi connectivity index (χ1n) is 12.1. The number of piperidine rings is 2. The molecule has 7 nitrogen and oxygen atoms in total. The summed E-state index contributed by atoms with van der Waals surface area (Å²) in [6.07, 6.45) is 10.9. The highest BCUT2D eigenvalue weighted by atomic mass is 16.2. The molecular weight excluding hydrogens is 390 g/mol. The molecule has 31 heavy (non-hydrogen) atoms. The van der Waals surface area contributed by atoms with Gasteiger partial charge in [-0.1, -0.05) is 6.42 Å². The van der Waals surface area contributed by atoms with E-state index in [4.69, 9.17) is 0 Å². The molecular formula is C24H37N5O2. The summed E-state index contributed by atoms with van der Waals surface area (Å²) in [7, 11) is 2.15. The Bertz CT molecular complexity index is 784. The molecule has 1 aromatic rings. The number of likely N-dealkylation sites (tertiary alicyclic amines) is 3. The van der Waals surface area contributed by atoms with Crippen molar-refractivity contribution in [2.75, 3.05) is 39.8 Å². The fourth-order valence-electron chi connectivity index (χ4n) is 5.33. The van der Waals surface area contributed by atoms with E-state index in [1.54, 1.807) is 6.20 Å². The van der Waals surface area contributed by atoms with E-state index in [1.807, 2.05) is 11.8 Å². The van der Waals surface area contributed by atoms with Crippen LogP contribution in [0.2, 0.25) is 0 Å². The number of rotatable bonds is 5. The SMILES string of the molecule is Cc1ncc(C(=O)N2CCCC2)c(CC2CCN(C(=O)C[C@H]3CCCCN3C)CC2)n1. The summed E-state index contributed by atoms with van der Waals surface area (Å²) in [5, 5.41) is 0. The standard InChI is InChI=1S/C24H37N5O2/c1-18-25-17-21(24(31)29-11-5-6-12-29)22(26-18)15-19-8-13-28(14-9-19)23(30)16-20-7-3-4-10-27(20)2/h17,19-20H,3-16H2,1-2H3/t20-/m1/s1. The number of aromatic nitrogens is 2. The van der Waals surface area contributed by atoms with Gasteiger partial charge < -0.3 is 14.7 Å². The molecule has 2 amide bonds. The van der Waals surface area contributed by atoms with E-state index in [9.17, 15) is 9.59 Å². The van der Waals surface area contributed by atoms with Crippen LogP contribution in [0.5, 0.6) is 0 Å². The third-order valence-electron chi connectivity index (χ3n) is 7.39. The number of hydrogen-bond acceptors (Lipinski definition) is 5. The lowest BCUT2D eigenvalue weighted by molar-refractivity contribution is -0.134. The molecule has 7 heteroatoms. The Morgan fingerprint density at radius 1 is 0.968 bits per heavy atom. The van der Waals surface area contributed by atoms with E-state index < -0.39 is 0 Å². The van der Waals surface area contributed by atoms with Gasteiger partial charge >= 0.3 is 0 Å². The second-order valence-electron chi connectivity index (χ2n) is 9.64. The summed E-state index contributed by atoms with van der Waals surface area (Å²) in [6, 6.07) is 0.405. The van der Waals surface area contributed by atoms with E-state index in [1.165, 1.54) is 12.8 Å². The average Bonchev–Trinajstić information content (AvgIpc) is 3.30. The minimum absolute atomic E-state index is 0.0803. The molecule has 170 valence electrons. The number of carbonyl (C=O) groups excluding carboxylic acids is 2. The number of amides is 2. The van der Waals surface area contributed by atoms with Gasteiger partial charge in [-0.05, 0) is 71.4 Å². The van der Waals surface area contributed by atoms with Crippen molar-refractivity contribution in [3.05, 3.63) is 23.3 Å². The normalized spacial score (nSPS) is 23.4. The highest BCUT2D eigenvalue weighted by molar-refractivity contribution is 5.95. The molecule has 0 bridgehead atoms. The fraction of sp³-hybridized carbons (Fsp3) is 0.750. The van der Waals surface area contributed by atoms with Crippen LogP contribution in [-0.2, 0) is 11.2 Å². The van der Waals surface area contributed by atoms with E-state index in [-0.39, 0.29) is 5.91 Å². The van der Waals surface area contributed by atoms with Crippen molar-refractivity contribution in [1.82, 2.24) is 24.7 Å². The molecule has 3 fully saturated rings. The predicted octanol–water partition coefficient (Wildman–Crippen LogP) is 2.68. The summed E-state index contributed by atoms with van der Waals surface area (Å²) in [5.41, 5.74) is 1.56. The molecule has 3 saturated heterocycles. The van der Waals surface area contributed by atoms with Crippen LogP contribution in [0.25, 0.3) is 0 Å². The van der Waals surface area contributed by atoms with Crippen LogP contribution in [0, 0.1) is 12.8 Å². The molecule has 1 atom stereocenters. The summed E-state index contributed by atoms with van der Waals surface area (Å²) >= 11 is 0. The maximum atomic E-state index is 13.0. The van der Waals surface area contributed by atoms with Gasteiger partial charge in [0.15, 0.2) is 0 Å². The first-order chi connectivity index (χ1) is 15.0. The van der Waals surface area contributed by atoms with Crippen LogP contribution in [0.4, 0.5) is 0 Å². The lowest BCUT2D eigenvalue weighted by atomic mass is 9.90. The summed E-state index contributed by atoms with van der Waals surface area (Å²) < 4.78 is 0. The summed E-state index contributed by atoms with van der Waals surface area (Å²) in [4.78, 5) is 41.1. The van der Waals surface area contributed by atoms with Gasteiger partial charge in [0.1, 0.15) is 5.82 Å². The number of carbonyl (C=O) groups is 2. The van der Waals surface area contributed by atoms with Gasteiger partial charge in [-0.2, -0.15) is 0 Å². The van der Waals surface area contributed by atoms with Gasteiger partial charge in [0, 0.05) is 44.8 Å². The minimum atomic E-state index is 0.0803. The van der Waals surface area contributed by atoms with Gasteiger partial charge in [0.25, 0.3) is 5.91 Å². The van der Waals surface area contributed by atoms with E-state index in [0.717, 1.165) is 82.8 Å². The maximum Gasteiger partial charge on any atom is 0.257 e. The monoisotopic (exact) mass is 427 g/mol. The second kappa shape index (κ2) is 10.1. The van der Waals surface area contributed by atoms with Crippen molar-refractivity contribution < 1.29 is 9.59 Å². The van der Waals surface area contributed by atoms with Crippen molar-refractivity contribution in [3.8, 4) is 0 Å². The molecule has 0 unspecified atom stereocenters. The Balaban J connectivity index is 1.33. The first-order valence-corrected chi connectivity index (χ1v) is 12.1. The van der Waals surface area contributed by atoms with Crippen LogP contribution in [0.3, 0.4) is 0 Å². The van der Waals surface area contributed by atoms with E-state index in [2.05, 4.69) is 26.8 Å². The third-order valence-corrected chi connectivity index (χ3v) is 7.39. The van der Waals surface area contributed by atoms with Crippen molar-refractivity contribution in [2.45, 2.75) is 70.8 Å². The topological polar surface area (TPSA) is 69.6 Å². The highest BCUT2D eigenvalue weighted by Crippen LogP contribution is 2.25. The zero-order valence-electron chi connectivity index (χ0n) is 19.2. The Morgan fingerprint density at radius 2 is 1.68 bits per heavy atom. The Hall–Kier alpha value is -2.02. The van der Waals surface area contributed by atoms with Crippen LogP contribution < -0.4 is 0 Å². The van der Waals surface area contributed by atoms with Crippen molar-refractivity contribution in [3.63, 3.8) is 0 Å². The van der Waals surface area contributed by atoms with Crippen LogP contribution in [0.15, 0.2) is 6.20 Å². The average molecular weight is 428 g/mol.